The number of nitrogens with zero attached hydrogens (tertiary/aromatic N) is 2. The van der Waals surface area contributed by atoms with Crippen LogP contribution < -0.4 is 5.32 Å². The Morgan fingerprint density at radius 3 is 1.77 bits per heavy atom. The van der Waals surface area contributed by atoms with Crippen LogP contribution >= 0.6 is 0 Å². The molecule has 0 saturated carbocycles. The van der Waals surface area contributed by atoms with Gasteiger partial charge in [0.25, 0.3) is 0 Å². The lowest BCUT2D eigenvalue weighted by Crippen LogP contribution is -2.20. The van der Waals surface area contributed by atoms with Gasteiger partial charge in [0.1, 0.15) is 6.54 Å². The van der Waals surface area contributed by atoms with Crippen LogP contribution in [0.25, 0.3) is 22.5 Å². The lowest BCUT2D eigenvalue weighted by atomic mass is 10.0. The molecule has 31 heavy (non-hydrogen) atoms. The van der Waals surface area contributed by atoms with E-state index in [0.29, 0.717) is 0 Å². The molecule has 4 heteroatoms. The Labute approximate surface area is 183 Å². The van der Waals surface area contributed by atoms with Gasteiger partial charge in [-0.05, 0) is 39.8 Å². The SMILES string of the molecule is Cc1ccc(NC(=O)Cn2nc(-c3ccc(C)cc3)c(C)c2-c2ccc(C)cc2)cc1. The van der Waals surface area contributed by atoms with Crippen molar-refractivity contribution in [1.82, 2.24) is 9.78 Å². The first kappa shape index (κ1) is 20.6. The van der Waals surface area contributed by atoms with Gasteiger partial charge in [-0.25, -0.2) is 0 Å². The van der Waals surface area contributed by atoms with Gasteiger partial charge in [0.15, 0.2) is 0 Å². The molecular formula is C27H27N3O. The molecule has 4 rings (SSSR count). The van der Waals surface area contributed by atoms with E-state index in [-0.39, 0.29) is 12.5 Å². The summed E-state index contributed by atoms with van der Waals surface area (Å²) in [6.07, 6.45) is 0. The van der Waals surface area contributed by atoms with E-state index in [4.69, 9.17) is 5.10 Å². The molecule has 0 aliphatic carbocycles. The molecule has 1 heterocycles. The van der Waals surface area contributed by atoms with Crippen LogP contribution in [0.3, 0.4) is 0 Å². The van der Waals surface area contributed by atoms with Gasteiger partial charge in [-0.15, -0.1) is 0 Å². The van der Waals surface area contributed by atoms with E-state index >= 15 is 0 Å². The number of aryl methyl sites for hydroxylation is 3. The summed E-state index contributed by atoms with van der Waals surface area (Å²) in [6, 6.07) is 24.5. The minimum Gasteiger partial charge on any atom is -0.324 e. The molecule has 4 aromatic rings. The maximum Gasteiger partial charge on any atom is 0.246 e. The van der Waals surface area contributed by atoms with Gasteiger partial charge in [0.05, 0.1) is 11.4 Å². The summed E-state index contributed by atoms with van der Waals surface area (Å²) in [6.45, 7) is 8.39. The summed E-state index contributed by atoms with van der Waals surface area (Å²) in [4.78, 5) is 12.8. The van der Waals surface area contributed by atoms with Crippen molar-refractivity contribution in [2.45, 2.75) is 34.2 Å². The average molecular weight is 410 g/mol. The van der Waals surface area contributed by atoms with Crippen LogP contribution in [-0.4, -0.2) is 15.7 Å². The predicted molar refractivity (Wildman–Crippen MR) is 127 cm³/mol. The number of nitrogens with one attached hydrogen (secondary N) is 1. The van der Waals surface area contributed by atoms with E-state index in [1.54, 1.807) is 0 Å². The van der Waals surface area contributed by atoms with Crippen molar-refractivity contribution in [2.75, 3.05) is 5.32 Å². The van der Waals surface area contributed by atoms with Gasteiger partial charge in [0, 0.05) is 22.4 Å². The summed E-state index contributed by atoms with van der Waals surface area (Å²) in [5.41, 5.74) is 9.39. The number of aromatic nitrogens is 2. The average Bonchev–Trinajstić information content (AvgIpc) is 3.06. The summed E-state index contributed by atoms with van der Waals surface area (Å²) < 4.78 is 1.82. The first-order chi connectivity index (χ1) is 14.9. The van der Waals surface area contributed by atoms with Gasteiger partial charge < -0.3 is 5.32 Å². The van der Waals surface area contributed by atoms with E-state index in [2.05, 4.69) is 74.6 Å². The zero-order valence-corrected chi connectivity index (χ0v) is 18.4. The van der Waals surface area contributed by atoms with Gasteiger partial charge >= 0.3 is 0 Å². The maximum atomic E-state index is 12.8. The molecule has 1 aromatic heterocycles. The van der Waals surface area contributed by atoms with Crippen molar-refractivity contribution in [3.05, 3.63) is 95.1 Å². The van der Waals surface area contributed by atoms with Gasteiger partial charge in [-0.2, -0.15) is 5.10 Å². The number of hydrogen-bond donors (Lipinski definition) is 1. The fraction of sp³-hybridized carbons (Fsp3) is 0.185. The van der Waals surface area contributed by atoms with Gasteiger partial charge in [-0.3, -0.25) is 9.48 Å². The Bertz CT molecular complexity index is 1200. The third kappa shape index (κ3) is 4.58. The summed E-state index contributed by atoms with van der Waals surface area (Å²) in [5, 5.41) is 7.84. The molecule has 4 nitrogen and oxygen atoms in total. The first-order valence-electron chi connectivity index (χ1n) is 10.5. The van der Waals surface area contributed by atoms with E-state index in [1.807, 2.05) is 35.9 Å². The zero-order chi connectivity index (χ0) is 22.0. The summed E-state index contributed by atoms with van der Waals surface area (Å²) in [5.74, 6) is -0.102. The Hall–Kier alpha value is -3.66. The second kappa shape index (κ2) is 8.60. The minimum absolute atomic E-state index is 0.102. The number of benzene rings is 3. The van der Waals surface area contributed by atoms with Crippen LogP contribution in [-0.2, 0) is 11.3 Å². The third-order valence-corrected chi connectivity index (χ3v) is 5.47. The van der Waals surface area contributed by atoms with Crippen LogP contribution in [0.4, 0.5) is 5.69 Å². The fourth-order valence-corrected chi connectivity index (χ4v) is 3.70. The molecule has 0 unspecified atom stereocenters. The molecule has 0 spiro atoms. The number of hydrogen-bond acceptors (Lipinski definition) is 2. The van der Waals surface area contributed by atoms with Crippen molar-refractivity contribution in [3.63, 3.8) is 0 Å². The largest absolute Gasteiger partial charge is 0.324 e. The quantitative estimate of drug-likeness (QED) is 0.434. The molecule has 0 aliphatic rings. The van der Waals surface area contributed by atoms with E-state index in [9.17, 15) is 4.79 Å². The number of carbonyl (C=O) groups excluding carboxylic acids is 1. The molecule has 1 amide bonds. The van der Waals surface area contributed by atoms with Crippen LogP contribution in [0.15, 0.2) is 72.8 Å². The normalized spacial score (nSPS) is 10.8. The number of carbonyl (C=O) groups is 1. The van der Waals surface area contributed by atoms with E-state index < -0.39 is 0 Å². The smallest absolute Gasteiger partial charge is 0.246 e. The predicted octanol–water partition coefficient (Wildman–Crippen LogP) is 6.09. The number of amides is 1. The fourth-order valence-electron chi connectivity index (χ4n) is 3.70. The molecule has 0 atom stereocenters. The van der Waals surface area contributed by atoms with Crippen molar-refractivity contribution >= 4 is 11.6 Å². The van der Waals surface area contributed by atoms with Crippen molar-refractivity contribution < 1.29 is 4.79 Å². The van der Waals surface area contributed by atoms with Crippen LogP contribution in [0.2, 0.25) is 0 Å². The second-order valence-electron chi connectivity index (χ2n) is 8.13. The Morgan fingerprint density at radius 2 is 1.23 bits per heavy atom. The number of anilines is 1. The molecule has 156 valence electrons. The summed E-state index contributed by atoms with van der Waals surface area (Å²) in [7, 11) is 0. The van der Waals surface area contributed by atoms with Crippen LogP contribution in [0.5, 0.6) is 0 Å². The molecular weight excluding hydrogens is 382 g/mol. The monoisotopic (exact) mass is 409 g/mol. The molecule has 3 aromatic carbocycles. The summed E-state index contributed by atoms with van der Waals surface area (Å²) >= 11 is 0. The Morgan fingerprint density at radius 1 is 0.742 bits per heavy atom. The Kier molecular flexibility index (Phi) is 5.72. The highest BCUT2D eigenvalue weighted by Gasteiger charge is 2.19. The minimum atomic E-state index is -0.102. The van der Waals surface area contributed by atoms with Gasteiger partial charge in [-0.1, -0.05) is 77.4 Å². The molecule has 0 radical (unpaired) electrons. The topological polar surface area (TPSA) is 46.9 Å². The highest BCUT2D eigenvalue weighted by molar-refractivity contribution is 5.91. The van der Waals surface area contributed by atoms with Crippen molar-refractivity contribution in [3.8, 4) is 22.5 Å². The maximum absolute atomic E-state index is 12.8. The zero-order valence-electron chi connectivity index (χ0n) is 18.4. The molecule has 0 bridgehead atoms. The number of rotatable bonds is 5. The van der Waals surface area contributed by atoms with E-state index in [0.717, 1.165) is 39.3 Å². The lowest BCUT2D eigenvalue weighted by Gasteiger charge is -2.10. The van der Waals surface area contributed by atoms with Crippen LogP contribution in [0, 0.1) is 27.7 Å². The standard InChI is InChI=1S/C27H27N3O/c1-18-5-11-22(12-6-18)26-21(4)27(23-13-7-19(2)8-14-23)30(29-26)17-25(31)28-24-15-9-20(3)10-16-24/h5-16H,17H2,1-4H3,(H,28,31). The first-order valence-corrected chi connectivity index (χ1v) is 10.5. The van der Waals surface area contributed by atoms with E-state index in [1.165, 1.54) is 11.1 Å². The molecule has 0 saturated heterocycles. The third-order valence-electron chi connectivity index (χ3n) is 5.47. The Balaban J connectivity index is 1.71. The highest BCUT2D eigenvalue weighted by Crippen LogP contribution is 2.32. The molecule has 0 fully saturated rings. The van der Waals surface area contributed by atoms with Crippen molar-refractivity contribution in [2.24, 2.45) is 0 Å². The second-order valence-corrected chi connectivity index (χ2v) is 8.13. The van der Waals surface area contributed by atoms with Crippen molar-refractivity contribution in [1.29, 1.82) is 0 Å². The van der Waals surface area contributed by atoms with Gasteiger partial charge in [0.2, 0.25) is 5.91 Å². The lowest BCUT2D eigenvalue weighted by molar-refractivity contribution is -0.116. The highest BCUT2D eigenvalue weighted by atomic mass is 16.2. The van der Waals surface area contributed by atoms with Crippen LogP contribution in [0.1, 0.15) is 22.3 Å². The molecule has 0 aliphatic heterocycles. The molecule has 1 N–H and O–H groups in total.